The molecule has 1 heterocycles. The SMILES string of the molecule is CCNc1cc(NC2CCCC2SC)nc(C(C)(C)C)n1. The van der Waals surface area contributed by atoms with E-state index in [9.17, 15) is 0 Å². The van der Waals surface area contributed by atoms with Crippen LogP contribution in [0.15, 0.2) is 6.07 Å². The van der Waals surface area contributed by atoms with Crippen molar-refractivity contribution in [2.75, 3.05) is 23.4 Å². The Kier molecular flexibility index (Phi) is 5.36. The zero-order valence-corrected chi connectivity index (χ0v) is 14.7. The highest BCUT2D eigenvalue weighted by Gasteiger charge is 2.27. The van der Waals surface area contributed by atoms with Gasteiger partial charge in [0.05, 0.1) is 0 Å². The lowest BCUT2D eigenvalue weighted by Crippen LogP contribution is -2.27. The summed E-state index contributed by atoms with van der Waals surface area (Å²) in [5.41, 5.74) is -0.0452. The maximum absolute atomic E-state index is 4.75. The van der Waals surface area contributed by atoms with Gasteiger partial charge in [0.15, 0.2) is 0 Å². The van der Waals surface area contributed by atoms with Crippen LogP contribution in [-0.2, 0) is 5.41 Å². The minimum atomic E-state index is -0.0452. The zero-order valence-electron chi connectivity index (χ0n) is 13.9. The van der Waals surface area contributed by atoms with E-state index >= 15 is 0 Å². The molecule has 2 N–H and O–H groups in total. The second kappa shape index (κ2) is 6.86. The minimum Gasteiger partial charge on any atom is -0.370 e. The molecule has 1 aliphatic carbocycles. The molecule has 0 amide bonds. The number of hydrogen-bond acceptors (Lipinski definition) is 5. The molecular weight excluding hydrogens is 280 g/mol. The van der Waals surface area contributed by atoms with Gasteiger partial charge in [-0.05, 0) is 26.0 Å². The molecule has 1 saturated carbocycles. The molecule has 1 aromatic heterocycles. The van der Waals surface area contributed by atoms with Crippen LogP contribution in [-0.4, -0.2) is 34.1 Å². The lowest BCUT2D eigenvalue weighted by molar-refractivity contribution is 0.546. The molecule has 4 nitrogen and oxygen atoms in total. The maximum Gasteiger partial charge on any atom is 0.138 e. The van der Waals surface area contributed by atoms with E-state index in [1.807, 2.05) is 17.8 Å². The fourth-order valence-corrected chi connectivity index (χ4v) is 3.63. The molecule has 2 atom stereocenters. The molecule has 0 saturated heterocycles. The monoisotopic (exact) mass is 308 g/mol. The van der Waals surface area contributed by atoms with E-state index in [1.54, 1.807) is 0 Å². The van der Waals surface area contributed by atoms with Gasteiger partial charge in [0, 0.05) is 29.3 Å². The highest BCUT2D eigenvalue weighted by molar-refractivity contribution is 7.99. The summed E-state index contributed by atoms with van der Waals surface area (Å²) in [5, 5.41) is 7.65. The molecule has 0 radical (unpaired) electrons. The van der Waals surface area contributed by atoms with E-state index < -0.39 is 0 Å². The van der Waals surface area contributed by atoms with Gasteiger partial charge >= 0.3 is 0 Å². The van der Waals surface area contributed by atoms with E-state index in [-0.39, 0.29) is 5.41 Å². The summed E-state index contributed by atoms with van der Waals surface area (Å²) in [6.07, 6.45) is 6.04. The fourth-order valence-electron chi connectivity index (χ4n) is 2.69. The second-order valence-electron chi connectivity index (χ2n) is 6.70. The summed E-state index contributed by atoms with van der Waals surface area (Å²) >= 11 is 1.96. The van der Waals surface area contributed by atoms with Gasteiger partial charge in [-0.25, -0.2) is 9.97 Å². The summed E-state index contributed by atoms with van der Waals surface area (Å²) in [4.78, 5) is 9.39. The van der Waals surface area contributed by atoms with Crippen LogP contribution in [0.4, 0.5) is 11.6 Å². The predicted octanol–water partition coefficient (Wildman–Crippen LogP) is 3.90. The van der Waals surface area contributed by atoms with Crippen LogP contribution in [0.25, 0.3) is 0 Å². The maximum atomic E-state index is 4.75. The van der Waals surface area contributed by atoms with Gasteiger partial charge < -0.3 is 10.6 Å². The highest BCUT2D eigenvalue weighted by Crippen LogP contribution is 2.31. The number of nitrogens with zero attached hydrogens (tertiary/aromatic N) is 2. The van der Waals surface area contributed by atoms with Crippen molar-refractivity contribution >= 4 is 23.4 Å². The van der Waals surface area contributed by atoms with E-state index in [4.69, 9.17) is 4.98 Å². The molecule has 118 valence electrons. The molecule has 2 unspecified atom stereocenters. The van der Waals surface area contributed by atoms with Gasteiger partial charge in [-0.3, -0.25) is 0 Å². The standard InChI is InChI=1S/C16H28N4S/c1-6-17-13-10-14(20-15(19-13)16(2,3)4)18-11-8-7-9-12(11)21-5/h10-12H,6-9H2,1-5H3,(H2,17,18,19,20). The summed E-state index contributed by atoms with van der Waals surface area (Å²) in [6, 6.07) is 2.56. The van der Waals surface area contributed by atoms with E-state index in [0.29, 0.717) is 11.3 Å². The average molecular weight is 308 g/mol. The van der Waals surface area contributed by atoms with Crippen molar-refractivity contribution in [1.82, 2.24) is 9.97 Å². The lowest BCUT2D eigenvalue weighted by Gasteiger charge is -2.23. The first-order valence-electron chi connectivity index (χ1n) is 7.86. The van der Waals surface area contributed by atoms with Gasteiger partial charge in [-0.15, -0.1) is 0 Å². The Morgan fingerprint density at radius 2 is 1.95 bits per heavy atom. The van der Waals surface area contributed by atoms with E-state index in [1.165, 1.54) is 19.3 Å². The molecule has 21 heavy (non-hydrogen) atoms. The van der Waals surface area contributed by atoms with Gasteiger partial charge in [0.1, 0.15) is 17.5 Å². The third kappa shape index (κ3) is 4.25. The van der Waals surface area contributed by atoms with E-state index in [0.717, 1.165) is 24.0 Å². The second-order valence-corrected chi connectivity index (χ2v) is 7.78. The summed E-state index contributed by atoms with van der Waals surface area (Å²) in [5.74, 6) is 2.76. The number of nitrogens with one attached hydrogen (secondary N) is 2. The van der Waals surface area contributed by atoms with Crippen molar-refractivity contribution in [2.24, 2.45) is 0 Å². The molecule has 0 bridgehead atoms. The number of thioether (sulfide) groups is 1. The average Bonchev–Trinajstić information content (AvgIpc) is 2.85. The number of rotatable bonds is 5. The Labute approximate surface area is 132 Å². The minimum absolute atomic E-state index is 0.0452. The van der Waals surface area contributed by atoms with Crippen LogP contribution in [0.2, 0.25) is 0 Å². The summed E-state index contributed by atoms with van der Waals surface area (Å²) in [7, 11) is 0. The van der Waals surface area contributed by atoms with Crippen molar-refractivity contribution in [3.63, 3.8) is 0 Å². The van der Waals surface area contributed by atoms with Crippen molar-refractivity contribution in [3.05, 3.63) is 11.9 Å². The predicted molar refractivity (Wildman–Crippen MR) is 93.5 cm³/mol. The van der Waals surface area contributed by atoms with Crippen molar-refractivity contribution in [2.45, 2.75) is 63.7 Å². The number of aromatic nitrogens is 2. The smallest absolute Gasteiger partial charge is 0.138 e. The third-order valence-electron chi connectivity index (χ3n) is 3.84. The zero-order chi connectivity index (χ0) is 15.5. The molecular formula is C16H28N4S. The van der Waals surface area contributed by atoms with Gasteiger partial charge in [0.2, 0.25) is 0 Å². The van der Waals surface area contributed by atoms with Gasteiger partial charge in [-0.1, -0.05) is 27.2 Å². The Morgan fingerprint density at radius 3 is 2.57 bits per heavy atom. The Bertz CT molecular complexity index is 470. The Hall–Kier alpha value is -0.970. The van der Waals surface area contributed by atoms with Crippen molar-refractivity contribution in [1.29, 1.82) is 0 Å². The molecule has 1 fully saturated rings. The van der Waals surface area contributed by atoms with Crippen LogP contribution in [0.3, 0.4) is 0 Å². The molecule has 1 aromatic rings. The van der Waals surface area contributed by atoms with Crippen LogP contribution in [0.1, 0.15) is 52.8 Å². The quantitative estimate of drug-likeness (QED) is 0.864. The summed E-state index contributed by atoms with van der Waals surface area (Å²) < 4.78 is 0. The molecule has 0 aromatic carbocycles. The molecule has 0 spiro atoms. The first-order chi connectivity index (χ1) is 9.94. The van der Waals surface area contributed by atoms with Crippen molar-refractivity contribution < 1.29 is 0 Å². The Morgan fingerprint density at radius 1 is 1.24 bits per heavy atom. The third-order valence-corrected chi connectivity index (χ3v) is 5.01. The number of anilines is 2. The van der Waals surface area contributed by atoms with Crippen LogP contribution in [0.5, 0.6) is 0 Å². The van der Waals surface area contributed by atoms with Crippen LogP contribution in [0, 0.1) is 0 Å². The highest BCUT2D eigenvalue weighted by atomic mass is 32.2. The van der Waals surface area contributed by atoms with Crippen molar-refractivity contribution in [3.8, 4) is 0 Å². The normalized spacial score (nSPS) is 22.3. The summed E-state index contributed by atoms with van der Waals surface area (Å²) in [6.45, 7) is 9.43. The molecule has 5 heteroatoms. The van der Waals surface area contributed by atoms with Gasteiger partial charge in [0.25, 0.3) is 0 Å². The Balaban J connectivity index is 2.23. The topological polar surface area (TPSA) is 49.8 Å². The lowest BCUT2D eigenvalue weighted by atomic mass is 9.96. The van der Waals surface area contributed by atoms with Crippen LogP contribution < -0.4 is 10.6 Å². The van der Waals surface area contributed by atoms with E-state index in [2.05, 4.69) is 49.6 Å². The van der Waals surface area contributed by atoms with Gasteiger partial charge in [-0.2, -0.15) is 11.8 Å². The molecule has 1 aliphatic rings. The fraction of sp³-hybridized carbons (Fsp3) is 0.750. The molecule has 0 aliphatic heterocycles. The first-order valence-corrected chi connectivity index (χ1v) is 9.15. The largest absolute Gasteiger partial charge is 0.370 e. The van der Waals surface area contributed by atoms with Crippen LogP contribution >= 0.6 is 11.8 Å². The molecule has 2 rings (SSSR count). The number of hydrogen-bond donors (Lipinski definition) is 2. The first kappa shape index (κ1) is 16.4.